The first-order chi connectivity index (χ1) is 9.99. The van der Waals surface area contributed by atoms with Gasteiger partial charge in [0.25, 0.3) is 0 Å². The molecule has 5 nitrogen and oxygen atoms in total. The molecule has 0 aromatic heterocycles. The van der Waals surface area contributed by atoms with Crippen molar-refractivity contribution in [2.24, 2.45) is 5.92 Å². The van der Waals surface area contributed by atoms with Crippen LogP contribution < -0.4 is 14.8 Å². The fourth-order valence-electron chi connectivity index (χ4n) is 2.09. The SMILES string of the molecule is COC(=O)C(CC(C)C)NCc1cc(OC)cc(OC)c1. The quantitative estimate of drug-likeness (QED) is 0.746. The molecule has 0 heterocycles. The van der Waals surface area contributed by atoms with E-state index in [0.29, 0.717) is 12.5 Å². The van der Waals surface area contributed by atoms with Crippen molar-refractivity contribution in [3.8, 4) is 11.5 Å². The number of esters is 1. The lowest BCUT2D eigenvalue weighted by Gasteiger charge is -2.18. The predicted octanol–water partition coefficient (Wildman–Crippen LogP) is 2.38. The molecule has 1 atom stereocenters. The van der Waals surface area contributed by atoms with E-state index in [-0.39, 0.29) is 12.0 Å². The number of carbonyl (C=O) groups excluding carboxylic acids is 1. The van der Waals surface area contributed by atoms with Crippen molar-refractivity contribution in [3.63, 3.8) is 0 Å². The third-order valence-electron chi connectivity index (χ3n) is 3.16. The average Bonchev–Trinajstić information content (AvgIpc) is 2.49. The van der Waals surface area contributed by atoms with Crippen molar-refractivity contribution in [1.82, 2.24) is 5.32 Å². The number of benzene rings is 1. The molecule has 0 bridgehead atoms. The van der Waals surface area contributed by atoms with Crippen LogP contribution in [-0.4, -0.2) is 33.3 Å². The van der Waals surface area contributed by atoms with Gasteiger partial charge in [-0.25, -0.2) is 0 Å². The molecule has 0 radical (unpaired) electrons. The second kappa shape index (κ2) is 8.52. The number of hydrogen-bond acceptors (Lipinski definition) is 5. The van der Waals surface area contributed by atoms with Crippen molar-refractivity contribution in [2.75, 3.05) is 21.3 Å². The van der Waals surface area contributed by atoms with Crippen LogP contribution in [0.25, 0.3) is 0 Å². The highest BCUT2D eigenvalue weighted by Crippen LogP contribution is 2.22. The molecule has 1 aromatic carbocycles. The summed E-state index contributed by atoms with van der Waals surface area (Å²) in [5, 5.41) is 3.24. The molecule has 1 aromatic rings. The van der Waals surface area contributed by atoms with Gasteiger partial charge in [0, 0.05) is 12.6 Å². The van der Waals surface area contributed by atoms with Crippen molar-refractivity contribution in [3.05, 3.63) is 23.8 Å². The van der Waals surface area contributed by atoms with Gasteiger partial charge >= 0.3 is 5.97 Å². The molecule has 1 rings (SSSR count). The summed E-state index contributed by atoms with van der Waals surface area (Å²) in [4.78, 5) is 11.8. The standard InChI is InChI=1S/C16H25NO4/c1-11(2)6-15(16(18)21-5)17-10-12-7-13(19-3)9-14(8-12)20-4/h7-9,11,15,17H,6,10H2,1-5H3. The van der Waals surface area contributed by atoms with Gasteiger partial charge in [0.15, 0.2) is 0 Å². The van der Waals surface area contributed by atoms with Gasteiger partial charge in [-0.15, -0.1) is 0 Å². The number of rotatable bonds is 8. The van der Waals surface area contributed by atoms with E-state index in [9.17, 15) is 4.79 Å². The van der Waals surface area contributed by atoms with Crippen LogP contribution >= 0.6 is 0 Å². The molecular weight excluding hydrogens is 270 g/mol. The minimum atomic E-state index is -0.313. The zero-order valence-corrected chi connectivity index (χ0v) is 13.4. The Hall–Kier alpha value is -1.75. The number of nitrogens with one attached hydrogen (secondary N) is 1. The normalized spacial score (nSPS) is 12.1. The second-order valence-corrected chi connectivity index (χ2v) is 5.31. The molecule has 1 unspecified atom stereocenters. The third-order valence-corrected chi connectivity index (χ3v) is 3.16. The van der Waals surface area contributed by atoms with Crippen molar-refractivity contribution < 1.29 is 19.0 Å². The minimum Gasteiger partial charge on any atom is -0.497 e. The summed E-state index contributed by atoms with van der Waals surface area (Å²) >= 11 is 0. The summed E-state index contributed by atoms with van der Waals surface area (Å²) in [6.45, 7) is 4.69. The first-order valence-electron chi connectivity index (χ1n) is 7.03. The van der Waals surface area contributed by atoms with Crippen molar-refractivity contribution >= 4 is 5.97 Å². The largest absolute Gasteiger partial charge is 0.497 e. The Morgan fingerprint density at radius 3 is 2.10 bits per heavy atom. The van der Waals surface area contributed by atoms with E-state index in [0.717, 1.165) is 23.5 Å². The summed E-state index contributed by atoms with van der Waals surface area (Å²) in [5.41, 5.74) is 0.990. The lowest BCUT2D eigenvalue weighted by atomic mass is 10.0. The van der Waals surface area contributed by atoms with Gasteiger partial charge in [-0.1, -0.05) is 13.8 Å². The molecule has 5 heteroatoms. The van der Waals surface area contributed by atoms with Crippen LogP contribution in [0.2, 0.25) is 0 Å². The second-order valence-electron chi connectivity index (χ2n) is 5.31. The first kappa shape index (κ1) is 17.3. The van der Waals surface area contributed by atoms with Gasteiger partial charge in [0.1, 0.15) is 17.5 Å². The molecule has 0 aliphatic rings. The maximum Gasteiger partial charge on any atom is 0.322 e. The summed E-state index contributed by atoms with van der Waals surface area (Å²) in [7, 11) is 4.63. The molecule has 0 fully saturated rings. The zero-order chi connectivity index (χ0) is 15.8. The van der Waals surface area contributed by atoms with E-state index in [1.54, 1.807) is 14.2 Å². The fourth-order valence-corrected chi connectivity index (χ4v) is 2.09. The van der Waals surface area contributed by atoms with Gasteiger partial charge in [-0.05, 0) is 30.0 Å². The van der Waals surface area contributed by atoms with E-state index < -0.39 is 0 Å². The molecule has 1 N–H and O–H groups in total. The van der Waals surface area contributed by atoms with Gasteiger partial charge < -0.3 is 19.5 Å². The molecule has 21 heavy (non-hydrogen) atoms. The lowest BCUT2D eigenvalue weighted by molar-refractivity contribution is -0.143. The van der Waals surface area contributed by atoms with Gasteiger partial charge in [0.2, 0.25) is 0 Å². The molecule has 118 valence electrons. The van der Waals surface area contributed by atoms with Crippen LogP contribution in [0.4, 0.5) is 0 Å². The Labute approximate surface area is 126 Å². The Balaban J connectivity index is 2.76. The van der Waals surface area contributed by atoms with E-state index >= 15 is 0 Å². The number of hydrogen-bond donors (Lipinski definition) is 1. The van der Waals surface area contributed by atoms with E-state index in [1.165, 1.54) is 7.11 Å². The minimum absolute atomic E-state index is 0.237. The summed E-state index contributed by atoms with van der Waals surface area (Å²) in [6.07, 6.45) is 0.730. The van der Waals surface area contributed by atoms with Gasteiger partial charge in [-0.2, -0.15) is 0 Å². The van der Waals surface area contributed by atoms with Crippen molar-refractivity contribution in [2.45, 2.75) is 32.9 Å². The topological polar surface area (TPSA) is 56.8 Å². The molecule has 0 amide bonds. The highest BCUT2D eigenvalue weighted by atomic mass is 16.5. The monoisotopic (exact) mass is 295 g/mol. The van der Waals surface area contributed by atoms with Gasteiger partial charge in [-0.3, -0.25) is 4.79 Å². The van der Waals surface area contributed by atoms with E-state index in [1.807, 2.05) is 18.2 Å². The van der Waals surface area contributed by atoms with Crippen LogP contribution in [0.3, 0.4) is 0 Å². The Morgan fingerprint density at radius 2 is 1.67 bits per heavy atom. The Morgan fingerprint density at radius 1 is 1.10 bits per heavy atom. The van der Waals surface area contributed by atoms with Crippen LogP contribution in [0.15, 0.2) is 18.2 Å². The highest BCUT2D eigenvalue weighted by molar-refractivity contribution is 5.75. The molecule has 0 aliphatic heterocycles. The molecule has 0 saturated heterocycles. The van der Waals surface area contributed by atoms with Crippen LogP contribution in [-0.2, 0) is 16.1 Å². The summed E-state index contributed by atoms with van der Waals surface area (Å²) < 4.78 is 15.3. The Kier molecular flexibility index (Phi) is 7.02. The molecule has 0 spiro atoms. The maximum atomic E-state index is 11.8. The fraction of sp³-hybridized carbons (Fsp3) is 0.562. The number of carbonyl (C=O) groups is 1. The molecule has 0 aliphatic carbocycles. The zero-order valence-electron chi connectivity index (χ0n) is 13.4. The lowest BCUT2D eigenvalue weighted by Crippen LogP contribution is -2.38. The number of methoxy groups -OCH3 is 3. The summed E-state index contributed by atoms with van der Waals surface area (Å²) in [6, 6.07) is 5.33. The molecular formula is C16H25NO4. The van der Waals surface area contributed by atoms with E-state index in [2.05, 4.69) is 19.2 Å². The predicted molar refractivity (Wildman–Crippen MR) is 81.6 cm³/mol. The van der Waals surface area contributed by atoms with Crippen LogP contribution in [0, 0.1) is 5.92 Å². The maximum absolute atomic E-state index is 11.8. The van der Waals surface area contributed by atoms with Crippen LogP contribution in [0.5, 0.6) is 11.5 Å². The van der Waals surface area contributed by atoms with E-state index in [4.69, 9.17) is 14.2 Å². The highest BCUT2D eigenvalue weighted by Gasteiger charge is 2.19. The Bertz CT molecular complexity index is 437. The smallest absolute Gasteiger partial charge is 0.322 e. The average molecular weight is 295 g/mol. The van der Waals surface area contributed by atoms with Crippen molar-refractivity contribution in [1.29, 1.82) is 0 Å². The molecule has 0 saturated carbocycles. The third kappa shape index (κ3) is 5.63. The summed E-state index contributed by atoms with van der Waals surface area (Å²) in [5.74, 6) is 1.62. The first-order valence-corrected chi connectivity index (χ1v) is 7.03. The van der Waals surface area contributed by atoms with Crippen LogP contribution in [0.1, 0.15) is 25.8 Å². The number of ether oxygens (including phenoxy) is 3. The van der Waals surface area contributed by atoms with Gasteiger partial charge in [0.05, 0.1) is 21.3 Å².